The molecule has 0 fully saturated rings. The molecule has 0 bridgehead atoms. The van der Waals surface area contributed by atoms with Crippen LogP contribution in [0.3, 0.4) is 0 Å². The standard InChI is InChI=1S/C7H12NO4.C3H5O2.CH4O.Co/c1-8-5(7(10)12-3)4-6(9)11-2;1-3(4)5-2;1-2;/h5,8H,1,4H2,2-3H3;1H2,2H3;2H,1H3;/q2*-1;;+2. The van der Waals surface area contributed by atoms with Crippen LogP contribution in [0.4, 0.5) is 0 Å². The summed E-state index contributed by atoms with van der Waals surface area (Å²) >= 11 is 0. The topological polar surface area (TPSA) is 111 Å². The number of aliphatic hydroxyl groups excluding tert-OH is 1. The Morgan fingerprint density at radius 2 is 1.50 bits per heavy atom. The molecule has 0 heterocycles. The number of ether oxygens (including phenoxy) is 3. The number of hydrogen-bond donors (Lipinski definition) is 2. The van der Waals surface area contributed by atoms with Gasteiger partial charge in [0.1, 0.15) is 0 Å². The maximum atomic E-state index is 10.9. The molecule has 8 nitrogen and oxygen atoms in total. The molecule has 0 aliphatic rings. The second kappa shape index (κ2) is 20.0. The Labute approximate surface area is 129 Å². The number of methoxy groups -OCH3 is 3. The fourth-order valence-electron chi connectivity index (χ4n) is 0.631. The predicted molar refractivity (Wildman–Crippen MR) is 66.4 cm³/mol. The van der Waals surface area contributed by atoms with Crippen LogP contribution >= 0.6 is 0 Å². The van der Waals surface area contributed by atoms with Crippen LogP contribution in [0.2, 0.25) is 0 Å². The molecule has 0 aromatic heterocycles. The van der Waals surface area contributed by atoms with Crippen LogP contribution in [0.1, 0.15) is 6.42 Å². The van der Waals surface area contributed by atoms with Crippen LogP contribution < -0.4 is 5.32 Å². The van der Waals surface area contributed by atoms with Crippen LogP contribution in [0.5, 0.6) is 0 Å². The third kappa shape index (κ3) is 19.1. The van der Waals surface area contributed by atoms with Crippen molar-refractivity contribution in [2.45, 2.75) is 12.5 Å². The van der Waals surface area contributed by atoms with Crippen LogP contribution in [-0.2, 0) is 45.4 Å². The van der Waals surface area contributed by atoms with E-state index in [0.29, 0.717) is 0 Å². The molecule has 2 N–H and O–H groups in total. The Morgan fingerprint density at radius 1 is 1.10 bits per heavy atom. The van der Waals surface area contributed by atoms with Gasteiger partial charge in [-0.1, -0.05) is 0 Å². The first-order valence-electron chi connectivity index (χ1n) is 4.94. The average Bonchev–Trinajstić information content (AvgIpc) is 2.46. The van der Waals surface area contributed by atoms with E-state index in [-0.39, 0.29) is 23.2 Å². The fourth-order valence-corrected chi connectivity index (χ4v) is 0.631. The predicted octanol–water partition coefficient (Wildman–Crippen LogP) is -0.928. The fraction of sp³-hybridized carbons (Fsp3) is 0.545. The largest absolute Gasteiger partial charge is 2.00 e. The van der Waals surface area contributed by atoms with Gasteiger partial charge >= 0.3 is 28.7 Å². The number of rotatable bonds is 4. The quantitative estimate of drug-likeness (QED) is 0.384. The van der Waals surface area contributed by atoms with E-state index in [0.717, 1.165) is 7.11 Å². The maximum Gasteiger partial charge on any atom is 2.00 e. The molecule has 0 aliphatic heterocycles. The molecular weight excluding hydrogens is 317 g/mol. The van der Waals surface area contributed by atoms with E-state index >= 15 is 0 Å². The normalized spacial score (nSPS) is 9.10. The van der Waals surface area contributed by atoms with Gasteiger partial charge in [0.2, 0.25) is 0 Å². The van der Waals surface area contributed by atoms with E-state index in [1.807, 2.05) is 0 Å². The van der Waals surface area contributed by atoms with E-state index in [4.69, 9.17) is 5.11 Å². The van der Waals surface area contributed by atoms with Crippen molar-refractivity contribution in [2.75, 3.05) is 28.4 Å². The number of carbonyl (C=O) groups excluding carboxylic acids is 3. The molecule has 0 amide bonds. The molecule has 1 atom stereocenters. The van der Waals surface area contributed by atoms with Gasteiger partial charge in [0.15, 0.2) is 5.97 Å². The zero-order valence-corrected chi connectivity index (χ0v) is 13.0. The zero-order valence-electron chi connectivity index (χ0n) is 11.9. The van der Waals surface area contributed by atoms with Crippen LogP contribution in [0.25, 0.3) is 0 Å². The van der Waals surface area contributed by atoms with Crippen LogP contribution in [-0.4, -0.2) is 57.5 Å². The Kier molecular flexibility index (Phi) is 27.2. The molecule has 9 heteroatoms. The van der Waals surface area contributed by atoms with E-state index < -0.39 is 23.9 Å². The smallest absolute Gasteiger partial charge is 0.492 e. The molecule has 0 spiro atoms. The molecule has 0 aromatic carbocycles. The third-order valence-electron chi connectivity index (χ3n) is 1.56. The minimum absolute atomic E-state index is 0. The SMILES string of the molecule is CO.[CH2-]C(=O)OC.[CH2-]NC(CC(=O)OC)C(=O)OC.[Co+2]. The molecule has 0 rings (SSSR count). The molecule has 0 saturated carbocycles. The molecule has 1 unspecified atom stereocenters. The van der Waals surface area contributed by atoms with Crippen LogP contribution in [0.15, 0.2) is 0 Å². The second-order valence-corrected chi connectivity index (χ2v) is 2.64. The van der Waals surface area contributed by atoms with Gasteiger partial charge in [-0.05, 0) is 0 Å². The summed E-state index contributed by atoms with van der Waals surface area (Å²) in [4.78, 5) is 31.0. The minimum atomic E-state index is -0.734. The minimum Gasteiger partial charge on any atom is -0.492 e. The van der Waals surface area contributed by atoms with Gasteiger partial charge in [0.25, 0.3) is 0 Å². The molecule has 20 heavy (non-hydrogen) atoms. The number of nitrogens with one attached hydrogen (secondary N) is 1. The van der Waals surface area contributed by atoms with Crippen molar-refractivity contribution in [3.05, 3.63) is 14.0 Å². The Hall–Kier alpha value is -1.29. The summed E-state index contributed by atoms with van der Waals surface area (Å²) < 4.78 is 12.8. The van der Waals surface area contributed by atoms with Gasteiger partial charge in [0, 0.05) is 7.11 Å². The van der Waals surface area contributed by atoms with Crippen molar-refractivity contribution < 1.29 is 50.5 Å². The first-order chi connectivity index (χ1) is 8.92. The maximum absolute atomic E-state index is 10.9. The van der Waals surface area contributed by atoms with Gasteiger partial charge in [-0.3, -0.25) is 28.4 Å². The monoisotopic (exact) mass is 338 g/mol. The summed E-state index contributed by atoms with van der Waals surface area (Å²) in [5.74, 6) is -1.51. The molecule has 121 valence electrons. The number of aliphatic hydroxyl groups is 1. The van der Waals surface area contributed by atoms with Crippen molar-refractivity contribution >= 4 is 17.9 Å². The van der Waals surface area contributed by atoms with Gasteiger partial charge in [-0.25, -0.2) is 0 Å². The van der Waals surface area contributed by atoms with Gasteiger partial charge in [0.05, 0.1) is 33.8 Å². The summed E-state index contributed by atoms with van der Waals surface area (Å²) in [6, 6.07) is -0.734. The molecule has 1 radical (unpaired) electrons. The number of hydrogen-bond acceptors (Lipinski definition) is 8. The Morgan fingerprint density at radius 3 is 1.70 bits per heavy atom. The van der Waals surface area contributed by atoms with E-state index in [1.54, 1.807) is 0 Å². The average molecular weight is 338 g/mol. The Bertz CT molecular complexity index is 261. The van der Waals surface area contributed by atoms with Gasteiger partial charge in [-0.2, -0.15) is 0 Å². The Balaban J connectivity index is -0.000000136. The summed E-state index contributed by atoms with van der Waals surface area (Å²) in [6.07, 6.45) is -0.0767. The van der Waals surface area contributed by atoms with E-state index in [1.165, 1.54) is 21.3 Å². The number of esters is 3. The van der Waals surface area contributed by atoms with Crippen LogP contribution in [0, 0.1) is 14.0 Å². The summed E-state index contributed by atoms with van der Waals surface area (Å²) in [5, 5.41) is 9.39. The third-order valence-corrected chi connectivity index (χ3v) is 1.56. The molecule has 0 saturated heterocycles. The summed E-state index contributed by atoms with van der Waals surface area (Å²) in [7, 11) is 8.06. The van der Waals surface area contributed by atoms with Crippen molar-refractivity contribution in [2.24, 2.45) is 0 Å². The van der Waals surface area contributed by atoms with E-state index in [9.17, 15) is 14.4 Å². The number of carbonyl (C=O) groups is 3. The van der Waals surface area contributed by atoms with Crippen molar-refractivity contribution in [3.8, 4) is 0 Å². The summed E-state index contributed by atoms with van der Waals surface area (Å²) in [6.45, 7) is 2.90. The molecular formula is C11H21CoNO7. The van der Waals surface area contributed by atoms with Gasteiger partial charge < -0.3 is 24.6 Å². The second-order valence-electron chi connectivity index (χ2n) is 2.64. The molecule has 0 aliphatic carbocycles. The van der Waals surface area contributed by atoms with E-state index in [2.05, 4.69) is 33.5 Å². The summed E-state index contributed by atoms with van der Waals surface area (Å²) in [5.41, 5.74) is 0. The van der Waals surface area contributed by atoms with Crippen molar-refractivity contribution in [1.29, 1.82) is 0 Å². The molecule has 0 aromatic rings. The van der Waals surface area contributed by atoms with Crippen molar-refractivity contribution in [1.82, 2.24) is 5.32 Å². The first kappa shape index (κ1) is 27.1. The van der Waals surface area contributed by atoms with Crippen molar-refractivity contribution in [3.63, 3.8) is 0 Å². The first-order valence-corrected chi connectivity index (χ1v) is 4.94. The zero-order chi connectivity index (χ0) is 15.8. The van der Waals surface area contributed by atoms with Gasteiger partial charge in [-0.15, -0.1) is 0 Å².